The average Bonchev–Trinajstić information content (AvgIpc) is 3.12. The number of anilines is 2. The topological polar surface area (TPSA) is 112 Å². The zero-order chi connectivity index (χ0) is 22.9. The minimum absolute atomic E-state index is 0.0630. The third-order valence-corrected chi connectivity index (χ3v) is 6.32. The van der Waals surface area contributed by atoms with Crippen molar-refractivity contribution in [2.24, 2.45) is 5.41 Å². The smallest absolute Gasteiger partial charge is 0.224 e. The van der Waals surface area contributed by atoms with Crippen LogP contribution in [0.3, 0.4) is 0 Å². The van der Waals surface area contributed by atoms with Crippen LogP contribution in [-0.2, 0) is 6.42 Å². The molecule has 0 bridgehead atoms. The van der Waals surface area contributed by atoms with Crippen LogP contribution >= 0.6 is 0 Å². The first-order valence-corrected chi connectivity index (χ1v) is 10.9. The number of aliphatic hydroxyl groups is 1. The summed E-state index contributed by atoms with van der Waals surface area (Å²) in [7, 11) is 0. The summed E-state index contributed by atoms with van der Waals surface area (Å²) < 4.78 is 1.94. The third-order valence-electron chi connectivity index (χ3n) is 6.32. The molecule has 1 fully saturated rings. The number of aliphatic hydroxyl groups excluding tert-OH is 1. The van der Waals surface area contributed by atoms with Crippen molar-refractivity contribution in [1.29, 1.82) is 5.26 Å². The maximum absolute atomic E-state index is 9.97. The molecule has 8 nitrogen and oxygen atoms in total. The molecule has 32 heavy (non-hydrogen) atoms. The van der Waals surface area contributed by atoms with Crippen molar-refractivity contribution in [3.8, 4) is 11.8 Å². The van der Waals surface area contributed by atoms with Crippen molar-refractivity contribution >= 4 is 11.8 Å². The average molecular weight is 432 g/mol. The van der Waals surface area contributed by atoms with Crippen LogP contribution < -0.4 is 10.6 Å². The van der Waals surface area contributed by atoms with Crippen molar-refractivity contribution < 1.29 is 5.11 Å². The highest BCUT2D eigenvalue weighted by Crippen LogP contribution is 2.42. The zero-order valence-electron chi connectivity index (χ0n) is 18.9. The van der Waals surface area contributed by atoms with E-state index >= 15 is 0 Å². The first kappa shape index (κ1) is 21.8. The number of hydrogen-bond donors (Lipinski definition) is 3. The van der Waals surface area contributed by atoms with Gasteiger partial charge < -0.3 is 15.7 Å². The number of nitriles is 1. The van der Waals surface area contributed by atoms with Gasteiger partial charge in [0, 0.05) is 23.7 Å². The Morgan fingerprint density at radius 3 is 2.59 bits per heavy atom. The Morgan fingerprint density at radius 2 is 2.00 bits per heavy atom. The van der Waals surface area contributed by atoms with Crippen molar-refractivity contribution in [3.05, 3.63) is 59.0 Å². The van der Waals surface area contributed by atoms with Crippen LogP contribution in [0.5, 0.6) is 0 Å². The first-order chi connectivity index (χ1) is 15.3. The molecule has 0 unspecified atom stereocenters. The van der Waals surface area contributed by atoms with Crippen molar-refractivity contribution in [3.63, 3.8) is 0 Å². The van der Waals surface area contributed by atoms with Gasteiger partial charge in [-0.2, -0.15) is 15.3 Å². The summed E-state index contributed by atoms with van der Waals surface area (Å²) in [5, 5.41) is 30.4. The Balaban J connectivity index is 1.37. The van der Waals surface area contributed by atoms with E-state index in [0.717, 1.165) is 23.5 Å². The molecule has 0 amide bonds. The molecule has 1 saturated carbocycles. The van der Waals surface area contributed by atoms with Crippen LogP contribution in [0, 0.1) is 30.6 Å². The Kier molecular flexibility index (Phi) is 5.85. The number of benzene rings is 1. The van der Waals surface area contributed by atoms with Crippen LogP contribution in [-0.4, -0.2) is 43.5 Å². The largest absolute Gasteiger partial charge is 0.392 e. The fraction of sp³-hybridized carbons (Fsp3) is 0.417. The van der Waals surface area contributed by atoms with Gasteiger partial charge in [0.05, 0.1) is 23.7 Å². The molecule has 0 saturated heterocycles. The van der Waals surface area contributed by atoms with Crippen molar-refractivity contribution in [1.82, 2.24) is 19.7 Å². The molecule has 0 radical (unpaired) electrons. The minimum Gasteiger partial charge on any atom is -0.392 e. The molecule has 0 spiro atoms. The summed E-state index contributed by atoms with van der Waals surface area (Å²) in [4.78, 5) is 8.77. The van der Waals surface area contributed by atoms with Crippen LogP contribution in [0.25, 0.3) is 5.69 Å². The number of hydrogen-bond acceptors (Lipinski definition) is 7. The van der Waals surface area contributed by atoms with Crippen LogP contribution in [0.1, 0.15) is 42.8 Å². The molecule has 3 aromatic rings. The van der Waals surface area contributed by atoms with Gasteiger partial charge in [-0.1, -0.05) is 26.0 Å². The van der Waals surface area contributed by atoms with Crippen molar-refractivity contribution in [2.45, 2.75) is 52.7 Å². The highest BCUT2D eigenvalue weighted by Gasteiger charge is 2.47. The molecule has 2 aromatic heterocycles. The van der Waals surface area contributed by atoms with Gasteiger partial charge in [-0.15, -0.1) is 0 Å². The predicted molar refractivity (Wildman–Crippen MR) is 124 cm³/mol. The normalized spacial score (nSPS) is 19.1. The van der Waals surface area contributed by atoms with Crippen LogP contribution in [0.4, 0.5) is 11.8 Å². The Bertz CT molecular complexity index is 1140. The molecule has 8 heteroatoms. The standard InChI is InChI=1S/C24H29N7O/c1-15-11-16(2)31(30-15)19-7-5-17(6-8-19)9-10-26-23-27-14-18(13-25)22(29-23)28-20-12-21(32)24(20,3)4/h5-8,11,14,20-21,32H,9-10,12H2,1-4H3,(H2,26,27,28,29)/t20-,21+/m1/s1. The number of aryl methyl sites for hydroxylation is 2. The van der Waals surface area contributed by atoms with E-state index in [1.807, 2.05) is 32.4 Å². The lowest BCUT2D eigenvalue weighted by Crippen LogP contribution is -2.57. The zero-order valence-corrected chi connectivity index (χ0v) is 18.9. The summed E-state index contributed by atoms with van der Waals surface area (Å²) in [6.07, 6.45) is 2.63. The van der Waals surface area contributed by atoms with Gasteiger partial charge in [0.1, 0.15) is 17.5 Å². The van der Waals surface area contributed by atoms with Gasteiger partial charge in [0.25, 0.3) is 0 Å². The van der Waals surface area contributed by atoms with Crippen LogP contribution in [0.2, 0.25) is 0 Å². The highest BCUT2D eigenvalue weighted by atomic mass is 16.3. The number of nitrogens with one attached hydrogen (secondary N) is 2. The fourth-order valence-corrected chi connectivity index (χ4v) is 3.98. The number of aromatic nitrogens is 4. The maximum Gasteiger partial charge on any atom is 0.224 e. The van der Waals surface area contributed by atoms with E-state index in [0.29, 0.717) is 30.3 Å². The first-order valence-electron chi connectivity index (χ1n) is 10.9. The number of rotatable bonds is 7. The molecule has 2 atom stereocenters. The summed E-state index contributed by atoms with van der Waals surface area (Å²) in [5.41, 5.74) is 4.49. The Labute approximate surface area is 188 Å². The van der Waals surface area contributed by atoms with Crippen LogP contribution in [0.15, 0.2) is 36.5 Å². The molecule has 2 heterocycles. The van der Waals surface area contributed by atoms with E-state index in [4.69, 9.17) is 0 Å². The molecular formula is C24H29N7O. The Hall–Kier alpha value is -3.44. The van der Waals surface area contributed by atoms with Gasteiger partial charge in [-0.25, -0.2) is 9.67 Å². The summed E-state index contributed by atoms with van der Waals surface area (Å²) >= 11 is 0. The van der Waals surface area contributed by atoms with Gasteiger partial charge >= 0.3 is 0 Å². The quantitative estimate of drug-likeness (QED) is 0.526. The lowest BCUT2D eigenvalue weighted by molar-refractivity contribution is -0.0511. The maximum atomic E-state index is 9.97. The van der Waals surface area contributed by atoms with Gasteiger partial charge in [0.15, 0.2) is 0 Å². The molecule has 3 N–H and O–H groups in total. The van der Waals surface area contributed by atoms with E-state index in [1.54, 1.807) is 0 Å². The summed E-state index contributed by atoms with van der Waals surface area (Å²) in [6, 6.07) is 12.6. The van der Waals surface area contributed by atoms with Gasteiger partial charge in [-0.3, -0.25) is 0 Å². The van der Waals surface area contributed by atoms with Gasteiger partial charge in [0.2, 0.25) is 5.95 Å². The van der Waals surface area contributed by atoms with Gasteiger partial charge in [-0.05, 0) is 50.5 Å². The summed E-state index contributed by atoms with van der Waals surface area (Å²) in [5.74, 6) is 0.979. The molecule has 0 aliphatic heterocycles. The second-order valence-corrected chi connectivity index (χ2v) is 9.02. The lowest BCUT2D eigenvalue weighted by atomic mass is 9.64. The number of nitrogens with zero attached hydrogens (tertiary/aromatic N) is 5. The van der Waals surface area contributed by atoms with E-state index in [-0.39, 0.29) is 17.6 Å². The minimum atomic E-state index is -0.349. The van der Waals surface area contributed by atoms with E-state index in [2.05, 4.69) is 62.1 Å². The molecule has 1 aliphatic carbocycles. The molecule has 4 rings (SSSR count). The highest BCUT2D eigenvalue weighted by molar-refractivity contribution is 5.54. The predicted octanol–water partition coefficient (Wildman–Crippen LogP) is 3.38. The second-order valence-electron chi connectivity index (χ2n) is 9.02. The van der Waals surface area contributed by atoms with E-state index in [9.17, 15) is 10.4 Å². The molecule has 1 aliphatic rings. The Morgan fingerprint density at radius 1 is 1.25 bits per heavy atom. The third kappa shape index (κ3) is 4.30. The summed E-state index contributed by atoms with van der Waals surface area (Å²) in [6.45, 7) is 8.72. The second kappa shape index (κ2) is 8.60. The SMILES string of the molecule is Cc1cc(C)n(-c2ccc(CCNc3ncc(C#N)c(N[C@@H]4C[C@H](O)C4(C)C)n3)cc2)n1. The molecule has 166 valence electrons. The fourth-order valence-electron chi connectivity index (χ4n) is 3.98. The van der Waals surface area contributed by atoms with E-state index in [1.165, 1.54) is 11.8 Å². The molecule has 1 aromatic carbocycles. The molecular weight excluding hydrogens is 402 g/mol. The lowest BCUT2D eigenvalue weighted by Gasteiger charge is -2.49. The monoisotopic (exact) mass is 431 g/mol. The van der Waals surface area contributed by atoms with E-state index < -0.39 is 0 Å². The van der Waals surface area contributed by atoms with Crippen molar-refractivity contribution in [2.75, 3.05) is 17.2 Å².